The highest BCUT2D eigenvalue weighted by molar-refractivity contribution is 7.90. The van der Waals surface area contributed by atoms with Gasteiger partial charge in [0, 0.05) is 5.56 Å². The molecule has 1 heterocycles. The Morgan fingerprint density at radius 1 is 1.24 bits per heavy atom. The van der Waals surface area contributed by atoms with Crippen molar-refractivity contribution in [1.82, 2.24) is 10.0 Å². The molecule has 0 bridgehead atoms. The van der Waals surface area contributed by atoms with E-state index in [1.807, 2.05) is 6.07 Å². The topological polar surface area (TPSA) is 138 Å². The molecule has 0 aliphatic carbocycles. The molecule has 29 heavy (non-hydrogen) atoms. The van der Waals surface area contributed by atoms with E-state index in [1.54, 1.807) is 39.0 Å². The number of aliphatic imine (C=N–C) groups is 1. The van der Waals surface area contributed by atoms with Gasteiger partial charge >= 0.3 is 5.97 Å². The van der Waals surface area contributed by atoms with Gasteiger partial charge in [0.15, 0.2) is 6.10 Å². The monoisotopic (exact) mass is 420 g/mol. The predicted octanol–water partition coefficient (Wildman–Crippen LogP) is 1.10. The summed E-state index contributed by atoms with van der Waals surface area (Å²) < 4.78 is 31.7. The fraction of sp³-hybridized carbons (Fsp3) is 0.474. The highest BCUT2D eigenvalue weighted by Crippen LogP contribution is 2.22. The van der Waals surface area contributed by atoms with Gasteiger partial charge in [0.05, 0.1) is 11.0 Å². The SMILES string of the molecule is CC(OC(=O)[C@H](C)N=C1NS(=O)(=O)c2ccccc21)C(=O)NC(C)(C#N)C(C)C. The first-order chi connectivity index (χ1) is 13.4. The molecule has 2 rings (SSSR count). The van der Waals surface area contributed by atoms with Gasteiger partial charge in [0.25, 0.3) is 15.9 Å². The summed E-state index contributed by atoms with van der Waals surface area (Å²) >= 11 is 0. The standard InChI is InChI=1S/C19H24N4O5S/c1-11(2)19(5,10-20)22-17(24)13(4)28-18(25)12(3)21-16-14-8-6-7-9-15(14)29(26,27)23-16/h6-9,11-13H,1-5H3,(H,21,23)(H,22,24)/t12-,13?,19?/m0/s1. The van der Waals surface area contributed by atoms with Crippen molar-refractivity contribution in [3.8, 4) is 6.07 Å². The number of ether oxygens (including phenoxy) is 1. The summed E-state index contributed by atoms with van der Waals surface area (Å²) in [7, 11) is -3.72. The maximum Gasteiger partial charge on any atom is 0.331 e. The van der Waals surface area contributed by atoms with Crippen LogP contribution in [-0.2, 0) is 24.3 Å². The molecule has 2 unspecified atom stereocenters. The summed E-state index contributed by atoms with van der Waals surface area (Å²) in [5, 5.41) is 11.9. The smallest absolute Gasteiger partial charge is 0.331 e. The van der Waals surface area contributed by atoms with Gasteiger partial charge in [-0.25, -0.2) is 13.2 Å². The van der Waals surface area contributed by atoms with Crippen molar-refractivity contribution in [2.24, 2.45) is 10.9 Å². The number of amides is 1. The number of carbonyl (C=O) groups excluding carboxylic acids is 2. The number of esters is 1. The van der Waals surface area contributed by atoms with Gasteiger partial charge < -0.3 is 10.1 Å². The van der Waals surface area contributed by atoms with E-state index in [0.717, 1.165) is 0 Å². The summed E-state index contributed by atoms with van der Waals surface area (Å²) in [6.07, 6.45) is -1.15. The van der Waals surface area contributed by atoms with E-state index in [2.05, 4.69) is 15.0 Å². The van der Waals surface area contributed by atoms with Gasteiger partial charge in [-0.2, -0.15) is 5.26 Å². The van der Waals surface area contributed by atoms with Crippen molar-refractivity contribution in [3.63, 3.8) is 0 Å². The minimum Gasteiger partial charge on any atom is -0.451 e. The maximum absolute atomic E-state index is 12.3. The molecule has 0 saturated heterocycles. The van der Waals surface area contributed by atoms with Crippen molar-refractivity contribution in [3.05, 3.63) is 29.8 Å². The lowest BCUT2D eigenvalue weighted by molar-refractivity contribution is -0.156. The molecule has 0 aromatic heterocycles. The second-order valence-corrected chi connectivity index (χ2v) is 8.94. The van der Waals surface area contributed by atoms with E-state index >= 15 is 0 Å². The highest BCUT2D eigenvalue weighted by Gasteiger charge is 2.34. The zero-order chi connectivity index (χ0) is 22.0. The molecule has 0 radical (unpaired) electrons. The molecule has 1 aromatic carbocycles. The number of nitrogens with one attached hydrogen (secondary N) is 2. The first kappa shape index (κ1) is 22.4. The molecular weight excluding hydrogens is 396 g/mol. The molecule has 0 saturated carbocycles. The second kappa shape index (κ2) is 8.21. The van der Waals surface area contributed by atoms with Gasteiger partial charge in [-0.15, -0.1) is 0 Å². The van der Waals surface area contributed by atoms with Gasteiger partial charge in [0.2, 0.25) is 0 Å². The third-order valence-corrected chi connectivity index (χ3v) is 6.16. The summed E-state index contributed by atoms with van der Waals surface area (Å²) in [6.45, 7) is 7.99. The van der Waals surface area contributed by atoms with E-state index in [0.29, 0.717) is 5.56 Å². The Morgan fingerprint density at radius 3 is 2.45 bits per heavy atom. The molecule has 10 heteroatoms. The number of amidine groups is 1. The van der Waals surface area contributed by atoms with Crippen LogP contribution < -0.4 is 10.0 Å². The number of hydrogen-bond acceptors (Lipinski definition) is 7. The minimum atomic E-state index is -3.72. The van der Waals surface area contributed by atoms with Crippen LogP contribution in [0.1, 0.15) is 40.2 Å². The summed E-state index contributed by atoms with van der Waals surface area (Å²) in [6, 6.07) is 7.26. The van der Waals surface area contributed by atoms with E-state index in [9.17, 15) is 23.3 Å². The van der Waals surface area contributed by atoms with Crippen LogP contribution in [0.4, 0.5) is 0 Å². The molecule has 0 fully saturated rings. The Bertz CT molecular complexity index is 996. The Morgan fingerprint density at radius 2 is 1.86 bits per heavy atom. The van der Waals surface area contributed by atoms with Gasteiger partial charge in [-0.3, -0.25) is 14.5 Å². The molecule has 1 aromatic rings. The number of nitriles is 1. The average Bonchev–Trinajstić information content (AvgIpc) is 2.91. The minimum absolute atomic E-state index is 0.0408. The van der Waals surface area contributed by atoms with Crippen LogP contribution in [0.15, 0.2) is 34.2 Å². The zero-order valence-electron chi connectivity index (χ0n) is 16.9. The molecular formula is C19H24N4O5S. The number of benzene rings is 1. The number of carbonyl (C=O) groups is 2. The van der Waals surface area contributed by atoms with E-state index in [1.165, 1.54) is 19.9 Å². The van der Waals surface area contributed by atoms with Crippen LogP contribution in [0, 0.1) is 17.2 Å². The maximum atomic E-state index is 12.3. The molecule has 156 valence electrons. The van der Waals surface area contributed by atoms with Crippen LogP contribution in [-0.4, -0.2) is 43.8 Å². The van der Waals surface area contributed by atoms with Crippen molar-refractivity contribution in [2.45, 2.75) is 57.2 Å². The molecule has 0 spiro atoms. The quantitative estimate of drug-likeness (QED) is 0.661. The lowest BCUT2D eigenvalue weighted by atomic mass is 9.90. The van der Waals surface area contributed by atoms with E-state index in [-0.39, 0.29) is 16.6 Å². The molecule has 1 aliphatic heterocycles. The van der Waals surface area contributed by atoms with Crippen LogP contribution in [0.25, 0.3) is 0 Å². The van der Waals surface area contributed by atoms with Crippen molar-refractivity contribution < 1.29 is 22.7 Å². The van der Waals surface area contributed by atoms with Crippen LogP contribution in [0.2, 0.25) is 0 Å². The zero-order valence-corrected chi connectivity index (χ0v) is 17.7. The summed E-state index contributed by atoms with van der Waals surface area (Å²) in [5.41, 5.74) is -0.741. The number of nitrogens with zero attached hydrogens (tertiary/aromatic N) is 2. The third-order valence-electron chi connectivity index (χ3n) is 4.76. The fourth-order valence-electron chi connectivity index (χ4n) is 2.46. The third kappa shape index (κ3) is 4.74. The lowest BCUT2D eigenvalue weighted by Gasteiger charge is -2.28. The molecule has 9 nitrogen and oxygen atoms in total. The largest absolute Gasteiger partial charge is 0.451 e. The molecule has 2 N–H and O–H groups in total. The molecule has 1 aliphatic rings. The normalized spacial score (nSPS) is 20.0. The van der Waals surface area contributed by atoms with Crippen LogP contribution in [0.3, 0.4) is 0 Å². The Kier molecular flexibility index (Phi) is 6.33. The molecule has 1 amide bonds. The second-order valence-electron chi connectivity index (χ2n) is 7.29. The van der Waals surface area contributed by atoms with Crippen LogP contribution >= 0.6 is 0 Å². The van der Waals surface area contributed by atoms with E-state index < -0.39 is 39.6 Å². The van der Waals surface area contributed by atoms with Gasteiger partial charge in [-0.05, 0) is 38.8 Å². The number of fused-ring (bicyclic) bond motifs is 1. The Labute approximate surface area is 170 Å². The van der Waals surface area contributed by atoms with Crippen molar-refractivity contribution >= 4 is 27.7 Å². The van der Waals surface area contributed by atoms with E-state index in [4.69, 9.17) is 4.74 Å². The van der Waals surface area contributed by atoms with Crippen LogP contribution in [0.5, 0.6) is 0 Å². The summed E-state index contributed by atoms with van der Waals surface area (Å²) in [4.78, 5) is 28.8. The molecule has 3 atom stereocenters. The summed E-state index contributed by atoms with van der Waals surface area (Å²) in [5.74, 6) is -1.52. The predicted molar refractivity (Wildman–Crippen MR) is 105 cm³/mol. The Balaban J connectivity index is 2.09. The Hall–Kier alpha value is -2.93. The van der Waals surface area contributed by atoms with Crippen molar-refractivity contribution in [1.29, 1.82) is 5.26 Å². The fourth-order valence-corrected chi connectivity index (χ4v) is 3.70. The number of sulfonamides is 1. The number of hydrogen-bond donors (Lipinski definition) is 2. The number of rotatable bonds is 6. The first-order valence-electron chi connectivity index (χ1n) is 9.05. The van der Waals surface area contributed by atoms with Gasteiger partial charge in [0.1, 0.15) is 17.4 Å². The average molecular weight is 420 g/mol. The lowest BCUT2D eigenvalue weighted by Crippen LogP contribution is -2.52. The highest BCUT2D eigenvalue weighted by atomic mass is 32.2. The van der Waals surface area contributed by atoms with Crippen molar-refractivity contribution in [2.75, 3.05) is 0 Å². The van der Waals surface area contributed by atoms with Gasteiger partial charge in [-0.1, -0.05) is 26.0 Å². The first-order valence-corrected chi connectivity index (χ1v) is 10.5.